The molecule has 2 aromatic rings. The molecule has 0 spiro atoms. The van der Waals surface area contributed by atoms with E-state index in [9.17, 15) is 0 Å². The highest BCUT2D eigenvalue weighted by Gasteiger charge is 2.09. The second-order valence-electron chi connectivity index (χ2n) is 3.53. The monoisotopic (exact) mass is 271 g/mol. The number of nitrogens with one attached hydrogen (secondary N) is 1. The van der Waals surface area contributed by atoms with Crippen LogP contribution in [0.2, 0.25) is 10.0 Å². The minimum absolute atomic E-state index is 0.431. The molecule has 0 amide bonds. The lowest BCUT2D eigenvalue weighted by atomic mass is 10.2. The third-order valence-corrected chi connectivity index (χ3v) is 2.61. The normalized spacial score (nSPS) is 10.8. The summed E-state index contributed by atoms with van der Waals surface area (Å²) < 4.78 is 5.15. The molecule has 2 rings (SSSR count). The van der Waals surface area contributed by atoms with Crippen LogP contribution in [0.3, 0.4) is 0 Å². The van der Waals surface area contributed by atoms with Gasteiger partial charge in [0.2, 0.25) is 0 Å². The number of hydrogen-bond acceptors (Lipinski definition) is 4. The van der Waals surface area contributed by atoms with Crippen molar-refractivity contribution in [3.8, 4) is 11.5 Å². The van der Waals surface area contributed by atoms with E-state index >= 15 is 0 Å². The summed E-state index contributed by atoms with van der Waals surface area (Å²) >= 11 is 11.8. The van der Waals surface area contributed by atoms with Gasteiger partial charge < -0.3 is 9.84 Å². The molecule has 17 heavy (non-hydrogen) atoms. The minimum Gasteiger partial charge on any atom is -0.334 e. The quantitative estimate of drug-likeness (QED) is 0.929. The molecule has 1 aromatic heterocycles. The molecule has 0 fully saturated rings. The topological polar surface area (TPSA) is 51.0 Å². The fourth-order valence-corrected chi connectivity index (χ4v) is 1.91. The molecule has 0 aliphatic rings. The maximum atomic E-state index is 5.91. The van der Waals surface area contributed by atoms with Gasteiger partial charge in [-0.2, -0.15) is 4.98 Å². The van der Waals surface area contributed by atoms with Crippen LogP contribution >= 0.6 is 23.2 Å². The molecular formula is C11H11Cl2N3O. The Labute approximate surface area is 109 Å². The molecule has 1 heterocycles. The van der Waals surface area contributed by atoms with Crippen molar-refractivity contribution in [2.75, 3.05) is 13.6 Å². The van der Waals surface area contributed by atoms with Crippen molar-refractivity contribution in [3.05, 3.63) is 34.1 Å². The smallest absolute Gasteiger partial charge is 0.258 e. The molecule has 0 unspecified atom stereocenters. The van der Waals surface area contributed by atoms with Crippen molar-refractivity contribution in [1.29, 1.82) is 0 Å². The first-order chi connectivity index (χ1) is 8.19. The van der Waals surface area contributed by atoms with Crippen LogP contribution in [0, 0.1) is 0 Å². The fourth-order valence-electron chi connectivity index (χ4n) is 1.39. The maximum absolute atomic E-state index is 5.91. The summed E-state index contributed by atoms with van der Waals surface area (Å²) in [5.41, 5.74) is 0.728. The average Bonchev–Trinajstić information content (AvgIpc) is 2.73. The predicted octanol–water partition coefficient (Wildman–Crippen LogP) is 2.81. The van der Waals surface area contributed by atoms with Crippen molar-refractivity contribution in [2.45, 2.75) is 6.42 Å². The zero-order valence-corrected chi connectivity index (χ0v) is 10.7. The molecule has 6 heteroatoms. The summed E-state index contributed by atoms with van der Waals surface area (Å²) in [6.45, 7) is 0.801. The van der Waals surface area contributed by atoms with Crippen LogP contribution < -0.4 is 5.32 Å². The second kappa shape index (κ2) is 5.49. The van der Waals surface area contributed by atoms with Crippen LogP contribution in [0.25, 0.3) is 11.5 Å². The highest BCUT2D eigenvalue weighted by atomic mass is 35.5. The molecule has 0 aliphatic heterocycles. The first-order valence-electron chi connectivity index (χ1n) is 5.12. The van der Waals surface area contributed by atoms with Gasteiger partial charge >= 0.3 is 0 Å². The van der Waals surface area contributed by atoms with Gasteiger partial charge in [0.1, 0.15) is 0 Å². The van der Waals surface area contributed by atoms with Crippen molar-refractivity contribution >= 4 is 23.2 Å². The van der Waals surface area contributed by atoms with Crippen LogP contribution in [-0.2, 0) is 6.42 Å². The first-order valence-corrected chi connectivity index (χ1v) is 5.88. The zero-order chi connectivity index (χ0) is 12.3. The van der Waals surface area contributed by atoms with E-state index < -0.39 is 0 Å². The number of nitrogens with zero attached hydrogens (tertiary/aromatic N) is 2. The molecule has 0 aliphatic carbocycles. The highest BCUT2D eigenvalue weighted by Crippen LogP contribution is 2.25. The Morgan fingerprint density at radius 1 is 1.24 bits per heavy atom. The van der Waals surface area contributed by atoms with Gasteiger partial charge in [-0.15, -0.1) is 0 Å². The molecule has 1 aromatic carbocycles. The van der Waals surface area contributed by atoms with E-state index in [1.54, 1.807) is 18.2 Å². The van der Waals surface area contributed by atoms with Gasteiger partial charge in [0.15, 0.2) is 5.82 Å². The number of benzene rings is 1. The molecule has 0 bridgehead atoms. The van der Waals surface area contributed by atoms with E-state index in [4.69, 9.17) is 27.7 Å². The van der Waals surface area contributed by atoms with Crippen LogP contribution in [0.5, 0.6) is 0 Å². The zero-order valence-electron chi connectivity index (χ0n) is 9.20. The van der Waals surface area contributed by atoms with Gasteiger partial charge in [-0.25, -0.2) is 0 Å². The summed E-state index contributed by atoms with van der Waals surface area (Å²) in [6, 6.07) is 5.14. The van der Waals surface area contributed by atoms with Crippen molar-refractivity contribution < 1.29 is 4.52 Å². The Morgan fingerprint density at radius 2 is 1.94 bits per heavy atom. The Balaban J connectivity index is 2.24. The maximum Gasteiger partial charge on any atom is 0.258 e. The summed E-state index contributed by atoms with van der Waals surface area (Å²) in [7, 11) is 1.87. The molecule has 0 radical (unpaired) electrons. The van der Waals surface area contributed by atoms with Gasteiger partial charge in [-0.3, -0.25) is 0 Å². The molecular weight excluding hydrogens is 261 g/mol. The lowest BCUT2D eigenvalue weighted by Crippen LogP contribution is -2.10. The molecule has 4 nitrogen and oxygen atoms in total. The van der Waals surface area contributed by atoms with Crippen molar-refractivity contribution in [3.63, 3.8) is 0 Å². The summed E-state index contributed by atoms with van der Waals surface area (Å²) in [4.78, 5) is 4.27. The summed E-state index contributed by atoms with van der Waals surface area (Å²) in [5.74, 6) is 1.09. The number of halogens is 2. The predicted molar refractivity (Wildman–Crippen MR) is 67.4 cm³/mol. The number of rotatable bonds is 4. The second-order valence-corrected chi connectivity index (χ2v) is 4.40. The van der Waals surface area contributed by atoms with E-state index in [0.29, 0.717) is 28.2 Å². The van der Waals surface area contributed by atoms with E-state index in [2.05, 4.69) is 15.5 Å². The molecule has 0 saturated heterocycles. The lowest BCUT2D eigenvalue weighted by Gasteiger charge is -1.96. The third kappa shape index (κ3) is 3.19. The van der Waals surface area contributed by atoms with Gasteiger partial charge in [0, 0.05) is 28.6 Å². The fraction of sp³-hybridized carbons (Fsp3) is 0.273. The SMILES string of the molecule is CNCCc1noc(-c2cc(Cl)cc(Cl)c2)n1. The van der Waals surface area contributed by atoms with Crippen LogP contribution in [-0.4, -0.2) is 23.7 Å². The number of likely N-dealkylation sites (N-methyl/N-ethyl adjacent to an activating group) is 1. The van der Waals surface area contributed by atoms with E-state index in [1.807, 2.05) is 7.05 Å². The Hall–Kier alpha value is -1.10. The average molecular weight is 272 g/mol. The first kappa shape index (κ1) is 12.4. The van der Waals surface area contributed by atoms with Crippen LogP contribution in [0.1, 0.15) is 5.82 Å². The molecule has 1 N–H and O–H groups in total. The largest absolute Gasteiger partial charge is 0.334 e. The van der Waals surface area contributed by atoms with Gasteiger partial charge in [-0.05, 0) is 25.2 Å². The van der Waals surface area contributed by atoms with Crippen molar-refractivity contribution in [2.24, 2.45) is 0 Å². The standard InChI is InChI=1S/C11H11Cl2N3O/c1-14-3-2-10-15-11(17-16-10)7-4-8(12)6-9(13)5-7/h4-6,14H,2-3H2,1H3. The Kier molecular flexibility index (Phi) is 3.99. The van der Waals surface area contributed by atoms with E-state index in [-0.39, 0.29) is 0 Å². The molecule has 0 saturated carbocycles. The minimum atomic E-state index is 0.431. The summed E-state index contributed by atoms with van der Waals surface area (Å²) in [6.07, 6.45) is 0.717. The number of aromatic nitrogens is 2. The van der Waals surface area contributed by atoms with Gasteiger partial charge in [0.05, 0.1) is 0 Å². The van der Waals surface area contributed by atoms with E-state index in [1.165, 1.54) is 0 Å². The number of hydrogen-bond donors (Lipinski definition) is 1. The molecule has 90 valence electrons. The molecule has 0 atom stereocenters. The van der Waals surface area contributed by atoms with Crippen LogP contribution in [0.4, 0.5) is 0 Å². The van der Waals surface area contributed by atoms with Gasteiger partial charge in [-0.1, -0.05) is 28.4 Å². The van der Waals surface area contributed by atoms with Gasteiger partial charge in [0.25, 0.3) is 5.89 Å². The van der Waals surface area contributed by atoms with E-state index in [0.717, 1.165) is 12.1 Å². The van der Waals surface area contributed by atoms with Crippen LogP contribution in [0.15, 0.2) is 22.7 Å². The highest BCUT2D eigenvalue weighted by molar-refractivity contribution is 6.35. The van der Waals surface area contributed by atoms with Crippen molar-refractivity contribution in [1.82, 2.24) is 15.5 Å². The Bertz CT molecular complexity index is 493. The lowest BCUT2D eigenvalue weighted by molar-refractivity contribution is 0.422. The Morgan fingerprint density at radius 3 is 2.59 bits per heavy atom. The third-order valence-electron chi connectivity index (χ3n) is 2.18. The summed E-state index contributed by atoms with van der Waals surface area (Å²) in [5, 5.41) is 7.98.